The van der Waals surface area contributed by atoms with Crippen LogP contribution in [0.15, 0.2) is 89.8 Å². The third-order valence-electron chi connectivity index (χ3n) is 6.33. The summed E-state index contributed by atoms with van der Waals surface area (Å²) in [5.41, 5.74) is 0.525. The molecule has 0 bridgehead atoms. The minimum absolute atomic E-state index is 0.000378. The Labute approximate surface area is 202 Å². The molecule has 1 N–H and O–H groups in total. The molecule has 178 valence electrons. The number of hydrogen-bond acceptors (Lipinski definition) is 6. The molecule has 5 rings (SSSR count). The zero-order chi connectivity index (χ0) is 24.6. The number of sulfonamides is 1. The van der Waals surface area contributed by atoms with Crippen molar-refractivity contribution in [2.45, 2.75) is 29.3 Å². The van der Waals surface area contributed by atoms with Gasteiger partial charge < -0.3 is 5.11 Å². The number of rotatable bonds is 8. The van der Waals surface area contributed by atoms with Crippen LogP contribution in [0.2, 0.25) is 0 Å². The SMILES string of the molecule is Cn1nnc(-c2ccc(S(=O)(=O)N(Cc3ccccc3)[C@]3(C(=O)O)C[C@H]3c3ccccc3)cc2)n1. The molecule has 0 radical (unpaired) electrons. The highest BCUT2D eigenvalue weighted by Crippen LogP contribution is 2.57. The first-order chi connectivity index (χ1) is 16.8. The minimum atomic E-state index is -4.18. The molecule has 9 nitrogen and oxygen atoms in total. The predicted octanol–water partition coefficient (Wildman–Crippen LogP) is 3.08. The maximum atomic E-state index is 14.0. The first-order valence-corrected chi connectivity index (χ1v) is 12.5. The Morgan fingerprint density at radius 2 is 1.66 bits per heavy atom. The number of carboxylic acids is 1. The van der Waals surface area contributed by atoms with Gasteiger partial charge in [0.25, 0.3) is 0 Å². The average Bonchev–Trinajstić information content (AvgIpc) is 3.49. The molecule has 4 aromatic rings. The van der Waals surface area contributed by atoms with Crippen LogP contribution in [0, 0.1) is 0 Å². The number of hydrogen-bond donors (Lipinski definition) is 1. The summed E-state index contributed by atoms with van der Waals surface area (Å²) in [6, 6.07) is 24.3. The Balaban J connectivity index is 1.57. The first kappa shape index (κ1) is 22.9. The number of aromatic nitrogens is 4. The van der Waals surface area contributed by atoms with Crippen molar-refractivity contribution in [1.29, 1.82) is 0 Å². The monoisotopic (exact) mass is 489 g/mol. The van der Waals surface area contributed by atoms with Crippen LogP contribution in [-0.2, 0) is 28.4 Å². The van der Waals surface area contributed by atoms with Gasteiger partial charge >= 0.3 is 5.97 Å². The number of carbonyl (C=O) groups is 1. The Kier molecular flexibility index (Phi) is 5.70. The molecule has 0 saturated heterocycles. The number of benzene rings is 3. The van der Waals surface area contributed by atoms with Gasteiger partial charge in [-0.3, -0.25) is 4.79 Å². The van der Waals surface area contributed by atoms with Crippen LogP contribution in [-0.4, -0.2) is 49.5 Å². The summed E-state index contributed by atoms with van der Waals surface area (Å²) in [6.07, 6.45) is 0.194. The van der Waals surface area contributed by atoms with Crippen molar-refractivity contribution < 1.29 is 18.3 Å². The van der Waals surface area contributed by atoms with Gasteiger partial charge in [0, 0.05) is 18.0 Å². The van der Waals surface area contributed by atoms with E-state index in [4.69, 9.17) is 0 Å². The molecule has 1 fully saturated rings. The van der Waals surface area contributed by atoms with Crippen LogP contribution in [0.5, 0.6) is 0 Å². The predicted molar refractivity (Wildman–Crippen MR) is 128 cm³/mol. The molecule has 1 saturated carbocycles. The number of tetrazole rings is 1. The van der Waals surface area contributed by atoms with Crippen molar-refractivity contribution in [3.05, 3.63) is 96.1 Å². The summed E-state index contributed by atoms with van der Waals surface area (Å²) in [5, 5.41) is 22.2. The van der Waals surface area contributed by atoms with Crippen LogP contribution >= 0.6 is 0 Å². The molecule has 2 atom stereocenters. The van der Waals surface area contributed by atoms with E-state index in [1.54, 1.807) is 43.4 Å². The van der Waals surface area contributed by atoms with E-state index in [0.29, 0.717) is 17.0 Å². The van der Waals surface area contributed by atoms with Gasteiger partial charge in [0.2, 0.25) is 15.8 Å². The minimum Gasteiger partial charge on any atom is -0.480 e. The second-order valence-corrected chi connectivity index (χ2v) is 10.4. The third-order valence-corrected chi connectivity index (χ3v) is 8.23. The summed E-state index contributed by atoms with van der Waals surface area (Å²) in [5.74, 6) is -1.25. The van der Waals surface area contributed by atoms with E-state index in [1.165, 1.54) is 16.9 Å². The van der Waals surface area contributed by atoms with Gasteiger partial charge in [-0.1, -0.05) is 60.7 Å². The van der Waals surface area contributed by atoms with Gasteiger partial charge in [-0.15, -0.1) is 10.2 Å². The summed E-state index contributed by atoms with van der Waals surface area (Å²) >= 11 is 0. The zero-order valence-electron chi connectivity index (χ0n) is 18.9. The number of nitrogens with zero attached hydrogens (tertiary/aromatic N) is 5. The van der Waals surface area contributed by atoms with Crippen molar-refractivity contribution in [1.82, 2.24) is 24.5 Å². The van der Waals surface area contributed by atoms with Crippen LogP contribution < -0.4 is 0 Å². The number of carboxylic acid groups (broad SMARTS) is 1. The standard InChI is InChI=1S/C25H23N5O4S/c1-29-27-23(26-28-29)20-12-14-21(15-13-20)35(33,34)30(17-18-8-4-2-5-9-18)25(24(31)32)16-22(25)19-10-6-3-7-11-19/h2-15,22H,16-17H2,1H3,(H,31,32)/t22-,25+/m0/s1. The molecule has 0 amide bonds. The van der Waals surface area contributed by atoms with Crippen molar-refractivity contribution in [2.75, 3.05) is 0 Å². The van der Waals surface area contributed by atoms with Gasteiger partial charge in [0.1, 0.15) is 5.54 Å². The van der Waals surface area contributed by atoms with Gasteiger partial charge in [-0.25, -0.2) is 8.42 Å². The molecule has 0 aliphatic heterocycles. The lowest BCUT2D eigenvalue weighted by Gasteiger charge is -2.29. The van der Waals surface area contributed by atoms with Gasteiger partial charge in [0.05, 0.1) is 11.9 Å². The highest BCUT2D eigenvalue weighted by atomic mass is 32.2. The van der Waals surface area contributed by atoms with E-state index in [2.05, 4.69) is 15.4 Å². The van der Waals surface area contributed by atoms with Gasteiger partial charge in [0.15, 0.2) is 0 Å². The summed E-state index contributed by atoms with van der Waals surface area (Å²) in [4.78, 5) is 14.0. The molecule has 10 heteroatoms. The first-order valence-electron chi connectivity index (χ1n) is 11.0. The van der Waals surface area contributed by atoms with Crippen molar-refractivity contribution in [3.63, 3.8) is 0 Å². The smallest absolute Gasteiger partial charge is 0.325 e. The van der Waals surface area contributed by atoms with Crippen molar-refractivity contribution in [3.8, 4) is 11.4 Å². The van der Waals surface area contributed by atoms with Crippen LogP contribution in [0.4, 0.5) is 0 Å². The molecular weight excluding hydrogens is 466 g/mol. The molecule has 1 heterocycles. The summed E-state index contributed by atoms with van der Waals surface area (Å²) in [7, 11) is -2.54. The van der Waals surface area contributed by atoms with Gasteiger partial charge in [-0.05, 0) is 47.0 Å². The normalized spacial score (nSPS) is 19.5. The molecule has 1 aromatic heterocycles. The second kappa shape index (κ2) is 8.71. The topological polar surface area (TPSA) is 118 Å². The van der Waals surface area contributed by atoms with E-state index in [-0.39, 0.29) is 17.9 Å². The largest absolute Gasteiger partial charge is 0.480 e. The maximum absolute atomic E-state index is 14.0. The summed E-state index contributed by atoms with van der Waals surface area (Å²) < 4.78 is 29.1. The van der Waals surface area contributed by atoms with E-state index >= 15 is 0 Å². The fourth-order valence-electron chi connectivity index (χ4n) is 4.44. The van der Waals surface area contributed by atoms with Gasteiger partial charge in [-0.2, -0.15) is 9.10 Å². The fraction of sp³-hybridized carbons (Fsp3) is 0.200. The fourth-order valence-corrected chi connectivity index (χ4v) is 6.20. The molecule has 3 aromatic carbocycles. The average molecular weight is 490 g/mol. The molecule has 1 aliphatic rings. The molecule has 0 unspecified atom stereocenters. The van der Waals surface area contributed by atoms with E-state index in [0.717, 1.165) is 9.87 Å². The van der Waals surface area contributed by atoms with E-state index in [1.807, 2.05) is 36.4 Å². The van der Waals surface area contributed by atoms with E-state index in [9.17, 15) is 18.3 Å². The lowest BCUT2D eigenvalue weighted by molar-refractivity contribution is -0.143. The van der Waals surface area contributed by atoms with Crippen molar-refractivity contribution >= 4 is 16.0 Å². The Hall–Kier alpha value is -3.89. The molecule has 35 heavy (non-hydrogen) atoms. The summed E-state index contributed by atoms with van der Waals surface area (Å²) in [6.45, 7) is -0.0632. The lowest BCUT2D eigenvalue weighted by Crippen LogP contribution is -2.48. The second-order valence-electron chi connectivity index (χ2n) is 8.52. The molecule has 0 spiro atoms. The third kappa shape index (κ3) is 4.11. The highest BCUT2D eigenvalue weighted by molar-refractivity contribution is 7.89. The number of aliphatic carboxylic acids is 1. The Morgan fingerprint density at radius 1 is 1.03 bits per heavy atom. The number of aryl methyl sites for hydroxylation is 1. The highest BCUT2D eigenvalue weighted by Gasteiger charge is 2.67. The Morgan fingerprint density at radius 3 is 2.23 bits per heavy atom. The van der Waals surface area contributed by atoms with Crippen molar-refractivity contribution in [2.24, 2.45) is 7.05 Å². The lowest BCUT2D eigenvalue weighted by atomic mass is 10.1. The molecule has 1 aliphatic carbocycles. The van der Waals surface area contributed by atoms with Crippen LogP contribution in [0.1, 0.15) is 23.5 Å². The van der Waals surface area contributed by atoms with Crippen LogP contribution in [0.25, 0.3) is 11.4 Å². The molecular formula is C25H23N5O4S. The zero-order valence-corrected chi connectivity index (χ0v) is 19.7. The van der Waals surface area contributed by atoms with Crippen LogP contribution in [0.3, 0.4) is 0 Å². The quantitative estimate of drug-likeness (QED) is 0.404. The Bertz CT molecular complexity index is 1460. The maximum Gasteiger partial charge on any atom is 0.325 e. The van der Waals surface area contributed by atoms with E-state index < -0.39 is 27.4 Å².